The third-order valence-electron chi connectivity index (χ3n) is 2.24. The van der Waals surface area contributed by atoms with Gasteiger partial charge in [-0.1, -0.05) is 0 Å². The maximum absolute atomic E-state index is 12.5. The summed E-state index contributed by atoms with van der Waals surface area (Å²) in [7, 11) is 0. The number of nitrogens with zero attached hydrogens (tertiary/aromatic N) is 3. The maximum Gasteiger partial charge on any atom is 0.416 e. The number of aromatic nitrogens is 3. The van der Waals surface area contributed by atoms with Crippen molar-refractivity contribution in [3.05, 3.63) is 58.3 Å². The van der Waals surface area contributed by atoms with Crippen molar-refractivity contribution < 1.29 is 13.2 Å². The topological polar surface area (TPSA) is 47.8 Å². The highest BCUT2D eigenvalue weighted by atomic mass is 19.4. The number of pyridine rings is 1. The van der Waals surface area contributed by atoms with Crippen LogP contribution in [-0.2, 0) is 12.7 Å². The Morgan fingerprint density at radius 1 is 1.22 bits per heavy atom. The Labute approximate surface area is 99.7 Å². The third kappa shape index (κ3) is 2.73. The molecule has 2 aromatic heterocycles. The van der Waals surface area contributed by atoms with Gasteiger partial charge in [-0.2, -0.15) is 18.3 Å². The Balaban J connectivity index is 2.31. The molecule has 0 aliphatic rings. The average molecular weight is 255 g/mol. The molecule has 0 aliphatic carbocycles. The van der Waals surface area contributed by atoms with E-state index in [1.54, 1.807) is 0 Å². The Hall–Kier alpha value is -2.18. The van der Waals surface area contributed by atoms with Crippen LogP contribution in [-0.4, -0.2) is 14.8 Å². The highest BCUT2D eigenvalue weighted by Crippen LogP contribution is 2.28. The molecule has 0 radical (unpaired) electrons. The molecule has 0 fully saturated rings. The standard InChI is InChI=1S/C11H8F3N3O/c12-11(13,14)8-3-5-15-9(6-8)7-17-10(18)2-1-4-16-17/h1-6H,7H2. The van der Waals surface area contributed by atoms with E-state index in [1.807, 2.05) is 0 Å². The van der Waals surface area contributed by atoms with Crippen LogP contribution in [0.25, 0.3) is 0 Å². The second kappa shape index (κ2) is 4.59. The molecule has 0 saturated carbocycles. The minimum atomic E-state index is -4.42. The molecule has 0 N–H and O–H groups in total. The summed E-state index contributed by atoms with van der Waals surface area (Å²) in [6.45, 7) is -0.0937. The quantitative estimate of drug-likeness (QED) is 0.820. The molecule has 0 bridgehead atoms. The van der Waals surface area contributed by atoms with Crippen molar-refractivity contribution in [3.63, 3.8) is 0 Å². The van der Waals surface area contributed by atoms with Gasteiger partial charge in [-0.15, -0.1) is 0 Å². The first-order chi connectivity index (χ1) is 8.47. The molecule has 2 aromatic rings. The van der Waals surface area contributed by atoms with Crippen LogP contribution in [0.5, 0.6) is 0 Å². The summed E-state index contributed by atoms with van der Waals surface area (Å²) >= 11 is 0. The third-order valence-corrected chi connectivity index (χ3v) is 2.24. The second-order valence-electron chi connectivity index (χ2n) is 3.55. The van der Waals surface area contributed by atoms with Crippen LogP contribution in [0.4, 0.5) is 13.2 Å². The summed E-state index contributed by atoms with van der Waals surface area (Å²) in [5.74, 6) is 0. The Kier molecular flexibility index (Phi) is 3.14. The molecule has 0 saturated heterocycles. The molecule has 0 unspecified atom stereocenters. The predicted molar refractivity (Wildman–Crippen MR) is 56.8 cm³/mol. The fraction of sp³-hybridized carbons (Fsp3) is 0.182. The van der Waals surface area contributed by atoms with Gasteiger partial charge in [0.05, 0.1) is 17.8 Å². The maximum atomic E-state index is 12.5. The van der Waals surface area contributed by atoms with Gasteiger partial charge in [-0.3, -0.25) is 9.78 Å². The molecule has 2 rings (SSSR count). The highest BCUT2D eigenvalue weighted by Gasteiger charge is 2.30. The molecule has 0 atom stereocenters. The number of halogens is 3. The van der Waals surface area contributed by atoms with Crippen molar-refractivity contribution in [1.29, 1.82) is 0 Å². The lowest BCUT2D eigenvalue weighted by atomic mass is 10.2. The van der Waals surface area contributed by atoms with E-state index in [0.717, 1.165) is 23.0 Å². The van der Waals surface area contributed by atoms with Gasteiger partial charge in [0, 0.05) is 18.5 Å². The first-order valence-electron chi connectivity index (χ1n) is 5.01. The Bertz CT molecular complexity index is 607. The number of alkyl halides is 3. The molecule has 0 aromatic carbocycles. The molecule has 0 amide bonds. The van der Waals surface area contributed by atoms with E-state index in [2.05, 4.69) is 10.1 Å². The second-order valence-corrected chi connectivity index (χ2v) is 3.55. The van der Waals surface area contributed by atoms with Crippen LogP contribution >= 0.6 is 0 Å². The fourth-order valence-corrected chi connectivity index (χ4v) is 1.40. The van der Waals surface area contributed by atoms with Crippen LogP contribution in [0.1, 0.15) is 11.3 Å². The lowest BCUT2D eigenvalue weighted by molar-refractivity contribution is -0.137. The van der Waals surface area contributed by atoms with E-state index >= 15 is 0 Å². The summed E-state index contributed by atoms with van der Waals surface area (Å²) in [4.78, 5) is 15.1. The van der Waals surface area contributed by atoms with Crippen LogP contribution in [0.15, 0.2) is 41.5 Å². The summed E-state index contributed by atoms with van der Waals surface area (Å²) in [5.41, 5.74) is -1.06. The molecule has 18 heavy (non-hydrogen) atoms. The highest BCUT2D eigenvalue weighted by molar-refractivity contribution is 5.19. The number of hydrogen-bond donors (Lipinski definition) is 0. The van der Waals surface area contributed by atoms with Gasteiger partial charge in [-0.05, 0) is 18.2 Å². The first kappa shape index (κ1) is 12.3. The summed E-state index contributed by atoms with van der Waals surface area (Å²) in [6, 6.07) is 4.52. The first-order valence-corrected chi connectivity index (χ1v) is 5.01. The monoisotopic (exact) mass is 255 g/mol. The number of rotatable bonds is 2. The van der Waals surface area contributed by atoms with E-state index in [-0.39, 0.29) is 12.2 Å². The van der Waals surface area contributed by atoms with Crippen molar-refractivity contribution in [2.45, 2.75) is 12.7 Å². The van der Waals surface area contributed by atoms with Crippen LogP contribution in [0.3, 0.4) is 0 Å². The van der Waals surface area contributed by atoms with Crippen molar-refractivity contribution >= 4 is 0 Å². The van der Waals surface area contributed by atoms with E-state index < -0.39 is 17.3 Å². The van der Waals surface area contributed by atoms with Crippen LogP contribution < -0.4 is 5.56 Å². The fourth-order valence-electron chi connectivity index (χ4n) is 1.40. The SMILES string of the molecule is O=c1cccnn1Cc1cc(C(F)(F)F)ccn1. The van der Waals surface area contributed by atoms with E-state index in [9.17, 15) is 18.0 Å². The van der Waals surface area contributed by atoms with Crippen LogP contribution in [0, 0.1) is 0 Å². The zero-order valence-corrected chi connectivity index (χ0v) is 9.05. The molecule has 2 heterocycles. The summed E-state index contributed by atoms with van der Waals surface area (Å²) in [5, 5.41) is 3.75. The largest absolute Gasteiger partial charge is 0.416 e. The minimum absolute atomic E-state index is 0.0937. The Morgan fingerprint density at radius 3 is 2.67 bits per heavy atom. The van der Waals surface area contributed by atoms with Crippen LogP contribution in [0.2, 0.25) is 0 Å². The molecule has 7 heteroatoms. The zero-order valence-electron chi connectivity index (χ0n) is 9.05. The van der Waals surface area contributed by atoms with Crippen molar-refractivity contribution in [3.8, 4) is 0 Å². The van der Waals surface area contributed by atoms with E-state index in [1.165, 1.54) is 18.3 Å². The molecule has 0 aliphatic heterocycles. The summed E-state index contributed by atoms with van der Waals surface area (Å²) in [6.07, 6.45) is -1.98. The van der Waals surface area contributed by atoms with Crippen molar-refractivity contribution in [2.75, 3.05) is 0 Å². The predicted octanol–water partition coefficient (Wildman–Crippen LogP) is 1.71. The van der Waals surface area contributed by atoms with Gasteiger partial charge in [0.15, 0.2) is 0 Å². The summed E-state index contributed by atoms with van der Waals surface area (Å²) < 4.78 is 38.5. The van der Waals surface area contributed by atoms with Gasteiger partial charge in [0.1, 0.15) is 0 Å². The Morgan fingerprint density at radius 2 is 2.00 bits per heavy atom. The van der Waals surface area contributed by atoms with Gasteiger partial charge in [0.2, 0.25) is 0 Å². The van der Waals surface area contributed by atoms with E-state index in [4.69, 9.17) is 0 Å². The van der Waals surface area contributed by atoms with Gasteiger partial charge in [-0.25, -0.2) is 4.68 Å². The number of hydrogen-bond acceptors (Lipinski definition) is 3. The molecular formula is C11H8F3N3O. The van der Waals surface area contributed by atoms with E-state index in [0.29, 0.717) is 0 Å². The average Bonchev–Trinajstić information content (AvgIpc) is 2.31. The molecule has 4 nitrogen and oxygen atoms in total. The molecule has 94 valence electrons. The zero-order chi connectivity index (χ0) is 13.2. The van der Waals surface area contributed by atoms with Gasteiger partial charge >= 0.3 is 6.18 Å². The smallest absolute Gasteiger partial charge is 0.268 e. The lowest BCUT2D eigenvalue weighted by Crippen LogP contribution is -2.22. The normalized spacial score (nSPS) is 11.5. The van der Waals surface area contributed by atoms with Gasteiger partial charge < -0.3 is 0 Å². The molecule has 0 spiro atoms. The molecular weight excluding hydrogens is 247 g/mol. The lowest BCUT2D eigenvalue weighted by Gasteiger charge is -2.08. The van der Waals surface area contributed by atoms with Crippen molar-refractivity contribution in [2.24, 2.45) is 0 Å². The van der Waals surface area contributed by atoms with Crippen molar-refractivity contribution in [1.82, 2.24) is 14.8 Å². The van der Waals surface area contributed by atoms with Gasteiger partial charge in [0.25, 0.3) is 5.56 Å². The minimum Gasteiger partial charge on any atom is -0.268 e.